The second-order valence-corrected chi connectivity index (χ2v) is 3.00. The molecule has 0 fully saturated rings. The van der Waals surface area contributed by atoms with Gasteiger partial charge in [-0.1, -0.05) is 0 Å². The van der Waals surface area contributed by atoms with Gasteiger partial charge in [-0.15, -0.1) is 11.6 Å². The van der Waals surface area contributed by atoms with E-state index < -0.39 is 17.9 Å². The van der Waals surface area contributed by atoms with Gasteiger partial charge in [0, 0.05) is 17.5 Å². The third kappa shape index (κ3) is 2.60. The van der Waals surface area contributed by atoms with Gasteiger partial charge >= 0.3 is 0 Å². The molecule has 0 aliphatic rings. The Morgan fingerprint density at radius 3 is 2.67 bits per heavy atom. The van der Waals surface area contributed by atoms with Crippen molar-refractivity contribution in [3.8, 4) is 6.07 Å². The molecule has 1 rings (SSSR count). The minimum Gasteiger partial charge on any atom is -0.223 e. The molecule has 0 aromatic carbocycles. The molecule has 0 aliphatic carbocycles. The van der Waals surface area contributed by atoms with Gasteiger partial charge in [-0.3, -0.25) is 0 Å². The molecule has 0 N–H and O–H groups in total. The van der Waals surface area contributed by atoms with Crippen LogP contribution in [0.15, 0.2) is 6.07 Å². The van der Waals surface area contributed by atoms with Crippen LogP contribution in [0.25, 0.3) is 0 Å². The van der Waals surface area contributed by atoms with E-state index in [1.165, 1.54) is 0 Å². The van der Waals surface area contributed by atoms with Crippen LogP contribution >= 0.6 is 11.6 Å². The van der Waals surface area contributed by atoms with Crippen molar-refractivity contribution in [3.63, 3.8) is 0 Å². The molecule has 0 saturated carbocycles. The van der Waals surface area contributed by atoms with Gasteiger partial charge in [0.25, 0.3) is 6.43 Å². The average molecular weight is 235 g/mol. The first-order chi connectivity index (χ1) is 7.10. The summed E-state index contributed by atoms with van der Waals surface area (Å²) in [6.45, 7) is 0. The van der Waals surface area contributed by atoms with Gasteiger partial charge in [0.05, 0.1) is 18.2 Å². The van der Waals surface area contributed by atoms with Crippen LogP contribution in [0.2, 0.25) is 0 Å². The van der Waals surface area contributed by atoms with E-state index in [-0.39, 0.29) is 23.6 Å². The monoisotopic (exact) mass is 234 g/mol. The molecular weight excluding hydrogens is 229 g/mol. The predicted octanol–water partition coefficient (Wildman–Crippen LogP) is 2.96. The predicted molar refractivity (Wildman–Crippen MR) is 48.0 cm³/mol. The fourth-order valence-corrected chi connectivity index (χ4v) is 1.49. The van der Waals surface area contributed by atoms with E-state index >= 15 is 0 Å². The Balaban J connectivity index is 3.33. The van der Waals surface area contributed by atoms with E-state index in [0.717, 1.165) is 0 Å². The van der Waals surface area contributed by atoms with E-state index in [1.807, 2.05) is 0 Å². The Kier molecular flexibility index (Phi) is 3.92. The summed E-state index contributed by atoms with van der Waals surface area (Å²) < 4.78 is 37.8. The highest BCUT2D eigenvalue weighted by Crippen LogP contribution is 2.26. The molecule has 1 aromatic heterocycles. The lowest BCUT2D eigenvalue weighted by molar-refractivity contribution is 0.149. The average Bonchev–Trinajstić information content (AvgIpc) is 2.17. The third-order valence-corrected chi connectivity index (χ3v) is 2.10. The highest BCUT2D eigenvalue weighted by atomic mass is 35.5. The zero-order valence-electron chi connectivity index (χ0n) is 7.48. The van der Waals surface area contributed by atoms with Crippen molar-refractivity contribution in [2.45, 2.75) is 18.7 Å². The Morgan fingerprint density at radius 2 is 2.20 bits per heavy atom. The first-order valence-electron chi connectivity index (χ1n) is 3.99. The molecule has 0 aliphatic heterocycles. The number of halogens is 4. The first-order valence-corrected chi connectivity index (χ1v) is 4.52. The summed E-state index contributed by atoms with van der Waals surface area (Å²) in [5.41, 5.74) is -0.486. The van der Waals surface area contributed by atoms with E-state index in [0.29, 0.717) is 6.07 Å². The van der Waals surface area contributed by atoms with Crippen molar-refractivity contribution in [3.05, 3.63) is 28.8 Å². The number of hydrogen-bond acceptors (Lipinski definition) is 2. The lowest BCUT2D eigenvalue weighted by Crippen LogP contribution is -2.04. The third-order valence-electron chi connectivity index (χ3n) is 1.83. The van der Waals surface area contributed by atoms with Crippen LogP contribution in [0.1, 0.15) is 23.2 Å². The van der Waals surface area contributed by atoms with Crippen LogP contribution < -0.4 is 0 Å². The minimum absolute atomic E-state index is 0.0252. The number of nitriles is 1. The number of rotatable bonds is 3. The van der Waals surface area contributed by atoms with E-state index in [1.54, 1.807) is 6.07 Å². The topological polar surface area (TPSA) is 36.7 Å². The molecule has 15 heavy (non-hydrogen) atoms. The molecule has 1 aromatic rings. The lowest BCUT2D eigenvalue weighted by Gasteiger charge is -2.09. The van der Waals surface area contributed by atoms with Crippen LogP contribution in [0, 0.1) is 17.3 Å². The van der Waals surface area contributed by atoms with E-state index in [9.17, 15) is 13.2 Å². The summed E-state index contributed by atoms with van der Waals surface area (Å²) >= 11 is 5.46. The molecule has 6 heteroatoms. The highest BCUT2D eigenvalue weighted by Gasteiger charge is 2.18. The van der Waals surface area contributed by atoms with Crippen molar-refractivity contribution >= 4 is 11.6 Å². The van der Waals surface area contributed by atoms with E-state index in [2.05, 4.69) is 4.98 Å². The Morgan fingerprint density at radius 1 is 1.53 bits per heavy atom. The van der Waals surface area contributed by atoms with Crippen molar-refractivity contribution < 1.29 is 13.2 Å². The van der Waals surface area contributed by atoms with Gasteiger partial charge in [-0.25, -0.2) is 13.8 Å². The molecule has 2 nitrogen and oxygen atoms in total. The molecule has 0 saturated heterocycles. The number of hydrogen-bond donors (Lipinski definition) is 0. The number of aromatic nitrogens is 1. The summed E-state index contributed by atoms with van der Waals surface area (Å²) in [7, 11) is 0. The summed E-state index contributed by atoms with van der Waals surface area (Å²) in [6.07, 6.45) is -3.06. The molecule has 0 spiro atoms. The van der Waals surface area contributed by atoms with Gasteiger partial charge in [-0.05, 0) is 5.56 Å². The second kappa shape index (κ2) is 4.99. The zero-order chi connectivity index (χ0) is 11.4. The number of nitrogens with zero attached hydrogens (tertiary/aromatic N) is 2. The largest absolute Gasteiger partial charge is 0.264 e. The lowest BCUT2D eigenvalue weighted by atomic mass is 10.1. The quantitative estimate of drug-likeness (QED) is 0.596. The maximum atomic E-state index is 12.8. The molecule has 0 atom stereocenters. The van der Waals surface area contributed by atoms with Gasteiger partial charge in [-0.2, -0.15) is 9.65 Å². The second-order valence-electron chi connectivity index (χ2n) is 2.73. The SMILES string of the molecule is N#CCc1nc(F)cc(C(F)F)c1CCl. The number of alkyl halides is 3. The van der Waals surface area contributed by atoms with Crippen molar-refractivity contribution in [2.75, 3.05) is 0 Å². The Bertz CT molecular complexity index is 401. The standard InChI is InChI=1S/C9H6ClF3N2/c10-4-6-5(9(12)13)3-8(11)15-7(6)1-2-14/h3,9H,1,4H2. The summed E-state index contributed by atoms with van der Waals surface area (Å²) in [6, 6.07) is 2.36. The van der Waals surface area contributed by atoms with Crippen molar-refractivity contribution in [1.29, 1.82) is 5.26 Å². The zero-order valence-corrected chi connectivity index (χ0v) is 8.23. The molecule has 80 valence electrons. The molecule has 0 bridgehead atoms. The maximum Gasteiger partial charge on any atom is 0.264 e. The van der Waals surface area contributed by atoms with Crippen LogP contribution in [0.5, 0.6) is 0 Å². The van der Waals surface area contributed by atoms with E-state index in [4.69, 9.17) is 16.9 Å². The first kappa shape index (κ1) is 11.8. The smallest absolute Gasteiger partial charge is 0.223 e. The normalized spacial score (nSPS) is 10.4. The van der Waals surface area contributed by atoms with Crippen LogP contribution in [-0.2, 0) is 12.3 Å². The number of pyridine rings is 1. The molecule has 0 radical (unpaired) electrons. The fourth-order valence-electron chi connectivity index (χ4n) is 1.18. The summed E-state index contributed by atoms with van der Waals surface area (Å²) in [5.74, 6) is -1.24. The summed E-state index contributed by atoms with van der Waals surface area (Å²) in [5, 5.41) is 8.42. The maximum absolute atomic E-state index is 12.8. The van der Waals surface area contributed by atoms with Gasteiger partial charge < -0.3 is 0 Å². The van der Waals surface area contributed by atoms with Crippen molar-refractivity contribution in [2.24, 2.45) is 0 Å². The fraction of sp³-hybridized carbons (Fsp3) is 0.333. The highest BCUT2D eigenvalue weighted by molar-refractivity contribution is 6.17. The molecule has 0 unspecified atom stereocenters. The Hall–Kier alpha value is -1.28. The molecular formula is C9H6ClF3N2. The Labute approximate surface area is 89.3 Å². The van der Waals surface area contributed by atoms with Gasteiger partial charge in [0.2, 0.25) is 5.95 Å². The van der Waals surface area contributed by atoms with Gasteiger partial charge in [0.15, 0.2) is 0 Å². The molecule has 0 amide bonds. The van der Waals surface area contributed by atoms with Crippen molar-refractivity contribution in [1.82, 2.24) is 4.98 Å². The molecule has 1 heterocycles. The summed E-state index contributed by atoms with van der Waals surface area (Å²) in [4.78, 5) is 3.37. The van der Waals surface area contributed by atoms with Crippen LogP contribution in [0.4, 0.5) is 13.2 Å². The van der Waals surface area contributed by atoms with Crippen LogP contribution in [-0.4, -0.2) is 4.98 Å². The van der Waals surface area contributed by atoms with Crippen LogP contribution in [0.3, 0.4) is 0 Å². The minimum atomic E-state index is -2.83. The van der Waals surface area contributed by atoms with Gasteiger partial charge in [0.1, 0.15) is 0 Å².